The summed E-state index contributed by atoms with van der Waals surface area (Å²) in [4.78, 5) is 55.1. The minimum atomic E-state index is -2.06. The van der Waals surface area contributed by atoms with Crippen LogP contribution in [0.15, 0.2) is 109 Å². The molecule has 0 spiro atoms. The van der Waals surface area contributed by atoms with Gasteiger partial charge in [0.05, 0.1) is 19.1 Å². The Morgan fingerprint density at radius 1 is 0.707 bits per heavy atom. The Bertz CT molecular complexity index is 1520. The smallest absolute Gasteiger partial charge is 0.345 e. The van der Waals surface area contributed by atoms with Crippen molar-refractivity contribution in [1.29, 1.82) is 0 Å². The molecule has 0 N–H and O–H groups in total. The molecule has 2 atom stereocenters. The first-order valence-corrected chi connectivity index (χ1v) is 13.5. The molecule has 41 heavy (non-hydrogen) atoms. The van der Waals surface area contributed by atoms with E-state index in [2.05, 4.69) is 0 Å². The van der Waals surface area contributed by atoms with Crippen LogP contribution in [0.4, 0.5) is 0 Å². The molecule has 4 aromatic carbocycles. The summed E-state index contributed by atoms with van der Waals surface area (Å²) in [5.74, 6) is -4.40. The van der Waals surface area contributed by atoms with Crippen LogP contribution in [0.3, 0.4) is 0 Å². The van der Waals surface area contributed by atoms with E-state index in [1.54, 1.807) is 60.7 Å². The minimum absolute atomic E-state index is 0.0690. The normalized spacial score (nSPS) is 13.0. The highest BCUT2D eigenvalue weighted by molar-refractivity contribution is 6.31. The summed E-state index contributed by atoms with van der Waals surface area (Å²) in [5, 5.41) is 0.788. The Kier molecular flexibility index (Phi) is 9.71. The van der Waals surface area contributed by atoms with Gasteiger partial charge in [0, 0.05) is 21.5 Å². The summed E-state index contributed by atoms with van der Waals surface area (Å²) in [7, 11) is 1.23. The van der Waals surface area contributed by atoms with Crippen molar-refractivity contribution in [3.05, 3.63) is 141 Å². The monoisotopic (exact) mass is 588 g/mol. The average Bonchev–Trinajstić information content (AvgIpc) is 3.00. The van der Waals surface area contributed by atoms with Crippen LogP contribution in [-0.2, 0) is 25.5 Å². The Labute approximate surface area is 247 Å². The van der Waals surface area contributed by atoms with Gasteiger partial charge in [-0.2, -0.15) is 0 Å². The van der Waals surface area contributed by atoms with Gasteiger partial charge in [0.1, 0.15) is 5.41 Å². The molecule has 0 saturated carbocycles. The lowest BCUT2D eigenvalue weighted by atomic mass is 9.63. The molecule has 0 bridgehead atoms. The molecule has 0 heterocycles. The molecule has 0 aliphatic heterocycles. The second kappa shape index (κ2) is 13.4. The molecule has 4 aromatic rings. The van der Waals surface area contributed by atoms with E-state index in [1.807, 2.05) is 0 Å². The number of hydrogen-bond acceptors (Lipinski definition) is 6. The maximum atomic E-state index is 14.6. The highest BCUT2D eigenvalue weighted by Crippen LogP contribution is 2.46. The summed E-state index contributed by atoms with van der Waals surface area (Å²) in [6.45, 7) is 0. The van der Waals surface area contributed by atoms with Gasteiger partial charge < -0.3 is 9.47 Å². The van der Waals surface area contributed by atoms with Crippen LogP contribution in [0.1, 0.15) is 44.2 Å². The molecule has 6 nitrogen and oxygen atoms in total. The molecule has 0 fully saturated rings. The predicted molar refractivity (Wildman–Crippen MR) is 156 cm³/mol. The minimum Gasteiger partial charge on any atom is -0.469 e. The third-order valence-corrected chi connectivity index (χ3v) is 7.37. The highest BCUT2D eigenvalue weighted by Gasteiger charge is 2.55. The van der Waals surface area contributed by atoms with Crippen LogP contribution < -0.4 is 0 Å². The number of Topliss-reactive ketones (excluding diaryl/α,β-unsaturated/α-hetero) is 1. The standard InChI is InChI=1S/C33H26Cl2O6/c1-40-29(36)20-28(23-10-6-3-7-11-23)33(21-22-8-4-2-5-9-22,30(37)24-12-16-26(34)17-13-24)32(39)41-31(38)25-14-18-27(35)19-15-25/h2-19,28H,20-21H2,1H3. The lowest BCUT2D eigenvalue weighted by molar-refractivity contribution is -0.149. The van der Waals surface area contributed by atoms with E-state index in [1.165, 1.54) is 55.6 Å². The molecule has 0 radical (unpaired) electrons. The van der Waals surface area contributed by atoms with Crippen molar-refractivity contribution in [3.63, 3.8) is 0 Å². The lowest BCUT2D eigenvalue weighted by Gasteiger charge is -2.37. The molecule has 2 unspecified atom stereocenters. The zero-order chi connectivity index (χ0) is 29.4. The molecule has 0 aliphatic carbocycles. The number of carbonyl (C=O) groups excluding carboxylic acids is 4. The first-order valence-electron chi connectivity index (χ1n) is 12.7. The molecular formula is C33H26Cl2O6. The Morgan fingerprint density at radius 2 is 1.22 bits per heavy atom. The van der Waals surface area contributed by atoms with Gasteiger partial charge in [-0.1, -0.05) is 83.9 Å². The molecular weight excluding hydrogens is 563 g/mol. The SMILES string of the molecule is COC(=O)CC(c1ccccc1)C(Cc1ccccc1)(C(=O)OC(=O)c1ccc(Cl)cc1)C(=O)c1ccc(Cl)cc1. The van der Waals surface area contributed by atoms with E-state index in [-0.39, 0.29) is 24.0 Å². The van der Waals surface area contributed by atoms with Crippen molar-refractivity contribution in [1.82, 2.24) is 0 Å². The van der Waals surface area contributed by atoms with E-state index >= 15 is 0 Å². The van der Waals surface area contributed by atoms with Crippen molar-refractivity contribution in [2.24, 2.45) is 5.41 Å². The molecule has 0 aromatic heterocycles. The molecule has 208 valence electrons. The predicted octanol–water partition coefficient (Wildman–Crippen LogP) is 7.14. The Hall–Kier alpha value is -4.26. The van der Waals surface area contributed by atoms with E-state index < -0.39 is 35.0 Å². The summed E-state index contributed by atoms with van der Waals surface area (Å²) in [5.41, 5.74) is -0.692. The van der Waals surface area contributed by atoms with Crippen LogP contribution >= 0.6 is 23.2 Å². The zero-order valence-corrected chi connectivity index (χ0v) is 23.6. The molecule has 0 saturated heterocycles. The Balaban J connectivity index is 1.95. The maximum absolute atomic E-state index is 14.6. The second-order valence-corrected chi connectivity index (χ2v) is 10.3. The number of rotatable bonds is 10. The van der Waals surface area contributed by atoms with Crippen LogP contribution in [0.2, 0.25) is 10.0 Å². The summed E-state index contributed by atoms with van der Waals surface area (Å²) in [6.07, 6.45) is -0.504. The quantitative estimate of drug-likeness (QED) is 0.111. The Morgan fingerprint density at radius 3 is 1.76 bits per heavy atom. The first-order chi connectivity index (χ1) is 19.7. The van der Waals surface area contributed by atoms with Gasteiger partial charge in [-0.15, -0.1) is 0 Å². The zero-order valence-electron chi connectivity index (χ0n) is 22.1. The number of ketones is 1. The second-order valence-electron chi connectivity index (χ2n) is 9.40. The summed E-state index contributed by atoms with van der Waals surface area (Å²) >= 11 is 12.1. The number of ether oxygens (including phenoxy) is 2. The van der Waals surface area contributed by atoms with E-state index in [4.69, 9.17) is 32.7 Å². The number of halogens is 2. The van der Waals surface area contributed by atoms with Crippen molar-refractivity contribution in [3.8, 4) is 0 Å². The van der Waals surface area contributed by atoms with Crippen LogP contribution in [0.5, 0.6) is 0 Å². The molecule has 4 rings (SSSR count). The van der Waals surface area contributed by atoms with Gasteiger partial charge >= 0.3 is 17.9 Å². The van der Waals surface area contributed by atoms with Crippen LogP contribution in [0.25, 0.3) is 0 Å². The van der Waals surface area contributed by atoms with Gasteiger partial charge in [-0.05, 0) is 66.1 Å². The van der Waals surface area contributed by atoms with E-state index in [0.717, 1.165) is 0 Å². The fourth-order valence-corrected chi connectivity index (χ4v) is 5.03. The largest absolute Gasteiger partial charge is 0.469 e. The third-order valence-electron chi connectivity index (χ3n) is 6.86. The lowest BCUT2D eigenvalue weighted by Crippen LogP contribution is -2.49. The maximum Gasteiger partial charge on any atom is 0.345 e. The number of hydrogen-bond donors (Lipinski definition) is 0. The summed E-state index contributed by atoms with van der Waals surface area (Å²) in [6, 6.07) is 29.4. The molecule has 0 aliphatic rings. The van der Waals surface area contributed by atoms with E-state index in [0.29, 0.717) is 21.2 Å². The van der Waals surface area contributed by atoms with Crippen LogP contribution in [0, 0.1) is 5.41 Å². The van der Waals surface area contributed by atoms with Gasteiger partial charge in [0.15, 0.2) is 5.78 Å². The fourth-order valence-electron chi connectivity index (χ4n) is 4.78. The van der Waals surface area contributed by atoms with Gasteiger partial charge in [0.2, 0.25) is 0 Å². The molecule has 0 amide bonds. The third kappa shape index (κ3) is 6.91. The van der Waals surface area contributed by atoms with Crippen molar-refractivity contribution >= 4 is 46.9 Å². The van der Waals surface area contributed by atoms with Crippen LogP contribution in [-0.4, -0.2) is 30.8 Å². The fraction of sp³-hybridized carbons (Fsp3) is 0.152. The van der Waals surface area contributed by atoms with Crippen molar-refractivity contribution < 1.29 is 28.7 Å². The number of esters is 3. The number of benzene rings is 4. The van der Waals surface area contributed by atoms with E-state index in [9.17, 15) is 19.2 Å². The van der Waals surface area contributed by atoms with Gasteiger partial charge in [0.25, 0.3) is 0 Å². The number of carbonyl (C=O) groups is 4. The number of methoxy groups -OCH3 is 1. The van der Waals surface area contributed by atoms with Gasteiger partial charge in [-0.25, -0.2) is 4.79 Å². The van der Waals surface area contributed by atoms with Crippen molar-refractivity contribution in [2.75, 3.05) is 7.11 Å². The topological polar surface area (TPSA) is 86.7 Å². The average molecular weight is 589 g/mol. The van der Waals surface area contributed by atoms with Crippen molar-refractivity contribution in [2.45, 2.75) is 18.8 Å². The first kappa shape index (κ1) is 29.7. The highest BCUT2D eigenvalue weighted by atomic mass is 35.5. The van der Waals surface area contributed by atoms with Gasteiger partial charge in [-0.3, -0.25) is 14.4 Å². The summed E-state index contributed by atoms with van der Waals surface area (Å²) < 4.78 is 10.5. The molecule has 8 heteroatoms.